The molecule has 2 aromatic rings. The lowest BCUT2D eigenvalue weighted by molar-refractivity contribution is -0.165. The molecule has 0 aliphatic carbocycles. The van der Waals surface area contributed by atoms with Crippen LogP contribution in [0.4, 0.5) is 16.2 Å². The largest absolute Gasteiger partial charge is 0.466 e. The molecular weight excluding hydrogens is 598 g/mol. The molecule has 1 fully saturated rings. The highest BCUT2D eigenvalue weighted by atomic mass is 35.5. The summed E-state index contributed by atoms with van der Waals surface area (Å²) in [7, 11) is 0. The number of guanidine groups is 1. The molecule has 0 saturated carbocycles. The minimum Gasteiger partial charge on any atom is -0.466 e. The third-order valence-corrected chi connectivity index (χ3v) is 6.40. The minimum atomic E-state index is -2.99. The SMILES string of the molecule is CCOC(=O)C[C@H](N)C(=O)N(c1ccccc1)[C@@](C(C)=O)(C(=O)OCC)N1C(=O)NC(c2ccc(NC(=N)N)cc2)C1=O.Cl. The number of nitrogens with zero attached hydrogens (tertiary/aromatic N) is 2. The summed E-state index contributed by atoms with van der Waals surface area (Å²) in [4.78, 5) is 82.3. The Hall–Kier alpha value is -5.02. The summed E-state index contributed by atoms with van der Waals surface area (Å²) >= 11 is 0. The summed E-state index contributed by atoms with van der Waals surface area (Å²) in [5.74, 6) is -5.83. The first-order valence-corrected chi connectivity index (χ1v) is 13.2. The van der Waals surface area contributed by atoms with Gasteiger partial charge in [0.2, 0.25) is 5.91 Å². The molecule has 236 valence electrons. The van der Waals surface area contributed by atoms with E-state index in [9.17, 15) is 28.8 Å². The summed E-state index contributed by atoms with van der Waals surface area (Å²) in [5, 5.41) is 12.4. The monoisotopic (exact) mass is 631 g/mol. The van der Waals surface area contributed by atoms with Crippen molar-refractivity contribution in [2.75, 3.05) is 23.4 Å². The highest BCUT2D eigenvalue weighted by Crippen LogP contribution is 2.36. The van der Waals surface area contributed by atoms with Crippen LogP contribution in [-0.4, -0.2) is 71.3 Å². The zero-order chi connectivity index (χ0) is 31.9. The Labute approximate surface area is 259 Å². The number of ketones is 1. The lowest BCUT2D eigenvalue weighted by Gasteiger charge is -2.44. The number of imide groups is 1. The van der Waals surface area contributed by atoms with Crippen LogP contribution in [0.25, 0.3) is 0 Å². The molecule has 0 spiro atoms. The molecule has 2 aromatic carbocycles. The van der Waals surface area contributed by atoms with E-state index in [0.717, 1.165) is 6.92 Å². The number of Topliss-reactive ketones (excluding diaryl/α,β-unsaturated/α-hetero) is 1. The van der Waals surface area contributed by atoms with Crippen LogP contribution in [0.5, 0.6) is 0 Å². The maximum Gasteiger partial charge on any atom is 0.362 e. The van der Waals surface area contributed by atoms with Crippen LogP contribution in [0.15, 0.2) is 54.6 Å². The summed E-state index contributed by atoms with van der Waals surface area (Å²) in [6.45, 7) is 3.65. The van der Waals surface area contributed by atoms with Crippen LogP contribution in [0.3, 0.4) is 0 Å². The van der Waals surface area contributed by atoms with Crippen molar-refractivity contribution in [2.45, 2.75) is 44.9 Å². The zero-order valence-electron chi connectivity index (χ0n) is 24.2. The second-order valence-electron chi connectivity index (χ2n) is 9.29. The number of halogens is 1. The predicted octanol–water partition coefficient (Wildman–Crippen LogP) is 1.17. The third kappa shape index (κ3) is 6.95. The Morgan fingerprint density at radius 1 is 1.05 bits per heavy atom. The molecule has 1 heterocycles. The fourth-order valence-electron chi connectivity index (χ4n) is 4.60. The fourth-order valence-corrected chi connectivity index (χ4v) is 4.60. The number of anilines is 2. The van der Waals surface area contributed by atoms with E-state index in [2.05, 4.69) is 10.6 Å². The summed E-state index contributed by atoms with van der Waals surface area (Å²) < 4.78 is 10.1. The summed E-state index contributed by atoms with van der Waals surface area (Å²) in [5.41, 5.74) is 9.05. The number of esters is 2. The van der Waals surface area contributed by atoms with Gasteiger partial charge in [-0.15, -0.1) is 12.4 Å². The number of nitrogens with one attached hydrogen (secondary N) is 3. The van der Waals surface area contributed by atoms with Gasteiger partial charge in [-0.3, -0.25) is 29.5 Å². The van der Waals surface area contributed by atoms with E-state index in [1.807, 2.05) is 0 Å². The molecule has 0 radical (unpaired) electrons. The van der Waals surface area contributed by atoms with E-state index in [1.165, 1.54) is 55.5 Å². The van der Waals surface area contributed by atoms with Crippen LogP contribution in [0, 0.1) is 5.41 Å². The first-order chi connectivity index (χ1) is 20.4. The zero-order valence-corrected chi connectivity index (χ0v) is 25.0. The number of nitrogens with two attached hydrogens (primary N) is 2. The summed E-state index contributed by atoms with van der Waals surface area (Å²) in [6, 6.07) is 9.04. The van der Waals surface area contributed by atoms with Gasteiger partial charge in [-0.1, -0.05) is 30.3 Å². The predicted molar refractivity (Wildman–Crippen MR) is 161 cm³/mol. The van der Waals surface area contributed by atoms with Crippen molar-refractivity contribution in [3.8, 4) is 0 Å². The van der Waals surface area contributed by atoms with Crippen molar-refractivity contribution in [3.05, 3.63) is 60.2 Å². The Kier molecular flexibility index (Phi) is 11.9. The average molecular weight is 632 g/mol. The number of para-hydroxylation sites is 1. The highest BCUT2D eigenvalue weighted by Gasteiger charge is 2.65. The van der Waals surface area contributed by atoms with Crippen LogP contribution >= 0.6 is 12.4 Å². The van der Waals surface area contributed by atoms with E-state index in [1.54, 1.807) is 13.0 Å². The molecule has 3 rings (SSSR count). The first kappa shape index (κ1) is 35.2. The number of hydrogen-bond donors (Lipinski definition) is 5. The number of ether oxygens (including phenoxy) is 2. The molecule has 3 atom stereocenters. The number of amides is 4. The van der Waals surface area contributed by atoms with Crippen molar-refractivity contribution in [2.24, 2.45) is 11.5 Å². The molecule has 1 aliphatic heterocycles. The molecule has 0 bridgehead atoms. The lowest BCUT2D eigenvalue weighted by atomic mass is 9.96. The summed E-state index contributed by atoms with van der Waals surface area (Å²) in [6.07, 6.45) is -0.629. The molecule has 1 saturated heterocycles. The van der Waals surface area contributed by atoms with Gasteiger partial charge in [0.25, 0.3) is 11.6 Å². The minimum absolute atomic E-state index is 0. The average Bonchev–Trinajstić information content (AvgIpc) is 3.25. The van der Waals surface area contributed by atoms with E-state index < -0.39 is 59.7 Å². The second kappa shape index (κ2) is 14.9. The molecule has 44 heavy (non-hydrogen) atoms. The van der Waals surface area contributed by atoms with Gasteiger partial charge in [0, 0.05) is 11.4 Å². The third-order valence-electron chi connectivity index (χ3n) is 6.40. The molecule has 15 nitrogen and oxygen atoms in total. The Bertz CT molecular complexity index is 1420. The van der Waals surface area contributed by atoms with Crippen LogP contribution in [-0.2, 0) is 33.4 Å². The molecule has 0 aromatic heterocycles. The fraction of sp³-hybridized carbons (Fsp3) is 0.321. The van der Waals surface area contributed by atoms with Gasteiger partial charge in [0.15, 0.2) is 11.7 Å². The van der Waals surface area contributed by atoms with E-state index in [0.29, 0.717) is 15.5 Å². The van der Waals surface area contributed by atoms with Crippen molar-refractivity contribution < 1.29 is 38.2 Å². The molecular formula is C28H34ClN7O8. The maximum absolute atomic E-state index is 14.0. The van der Waals surface area contributed by atoms with Gasteiger partial charge in [-0.25, -0.2) is 14.5 Å². The van der Waals surface area contributed by atoms with Gasteiger partial charge < -0.3 is 31.6 Å². The first-order valence-electron chi connectivity index (χ1n) is 13.2. The quantitative estimate of drug-likeness (QED) is 0.0734. The molecule has 1 aliphatic rings. The van der Waals surface area contributed by atoms with Gasteiger partial charge in [-0.05, 0) is 50.6 Å². The molecule has 1 unspecified atom stereocenters. The number of rotatable bonds is 12. The topological polar surface area (TPSA) is 227 Å². The van der Waals surface area contributed by atoms with Crippen LogP contribution in [0.2, 0.25) is 0 Å². The number of benzene rings is 2. The van der Waals surface area contributed by atoms with Crippen molar-refractivity contribution in [1.29, 1.82) is 5.41 Å². The highest BCUT2D eigenvalue weighted by molar-refractivity contribution is 6.23. The lowest BCUT2D eigenvalue weighted by Crippen LogP contribution is -2.74. The van der Waals surface area contributed by atoms with Gasteiger partial charge in [0.1, 0.15) is 6.04 Å². The van der Waals surface area contributed by atoms with Crippen LogP contribution < -0.4 is 27.0 Å². The number of urea groups is 1. The van der Waals surface area contributed by atoms with Gasteiger partial charge in [-0.2, -0.15) is 0 Å². The molecule has 16 heteroatoms. The smallest absolute Gasteiger partial charge is 0.362 e. The Balaban J connectivity index is 0.00000675. The van der Waals surface area contributed by atoms with E-state index >= 15 is 0 Å². The second-order valence-corrected chi connectivity index (χ2v) is 9.29. The molecule has 7 N–H and O–H groups in total. The molecule has 4 amide bonds. The van der Waals surface area contributed by atoms with E-state index in [-0.39, 0.29) is 42.8 Å². The normalized spacial score (nSPS) is 16.0. The number of hydrogen-bond acceptors (Lipinski definition) is 10. The van der Waals surface area contributed by atoms with Crippen molar-refractivity contribution >= 4 is 65.3 Å². The van der Waals surface area contributed by atoms with Gasteiger partial charge in [0.05, 0.1) is 25.7 Å². The van der Waals surface area contributed by atoms with E-state index in [4.69, 9.17) is 26.4 Å². The standard InChI is InChI=1S/C28H33N7O8.ClH/c1-4-42-21(37)15-20(29)23(38)34(19-9-7-6-8-10-19)28(16(3)36,25(40)43-5-2)35-24(39)22(33-27(35)41)17-11-13-18(14-12-17)32-26(30)31;/h6-14,20,22H,4-5,15,29H2,1-3H3,(H,33,41)(H4,30,31,32);1H/t20-,22?,28+;/m0./s1. The van der Waals surface area contributed by atoms with Gasteiger partial charge >= 0.3 is 18.0 Å². The van der Waals surface area contributed by atoms with Crippen LogP contribution in [0.1, 0.15) is 38.8 Å². The van der Waals surface area contributed by atoms with Crippen molar-refractivity contribution in [3.63, 3.8) is 0 Å². The Morgan fingerprint density at radius 3 is 2.16 bits per heavy atom. The number of carbonyl (C=O) groups excluding carboxylic acids is 6. The maximum atomic E-state index is 14.0. The Morgan fingerprint density at radius 2 is 1.64 bits per heavy atom. The van der Waals surface area contributed by atoms with Crippen molar-refractivity contribution in [1.82, 2.24) is 10.2 Å². The number of carbonyl (C=O) groups is 6.